The van der Waals surface area contributed by atoms with Crippen LogP contribution in [-0.4, -0.2) is 27.5 Å². The number of hydrogen-bond donors (Lipinski definition) is 1. The molecule has 1 aromatic heterocycles. The maximum Gasteiger partial charge on any atom is 0.137 e. The lowest BCUT2D eigenvalue weighted by Gasteiger charge is -2.24. The van der Waals surface area contributed by atoms with E-state index in [4.69, 9.17) is 11.6 Å². The molecule has 1 aliphatic rings. The predicted octanol–water partition coefficient (Wildman–Crippen LogP) is 3.00. The maximum atomic E-state index is 6.05. The van der Waals surface area contributed by atoms with Crippen molar-refractivity contribution in [3.63, 3.8) is 0 Å². The number of nitrogens with zero attached hydrogens (tertiary/aromatic N) is 2. The summed E-state index contributed by atoms with van der Waals surface area (Å²) in [6.45, 7) is 2.07. The van der Waals surface area contributed by atoms with Crippen molar-refractivity contribution in [2.75, 3.05) is 16.8 Å². The summed E-state index contributed by atoms with van der Waals surface area (Å²) in [5.41, 5.74) is 1.03. The Bertz CT molecular complexity index is 353. The van der Waals surface area contributed by atoms with Gasteiger partial charge in [0, 0.05) is 17.4 Å². The van der Waals surface area contributed by atoms with E-state index in [2.05, 4.69) is 22.2 Å². The zero-order valence-electron chi connectivity index (χ0n) is 9.37. The Morgan fingerprint density at radius 2 is 2.44 bits per heavy atom. The Morgan fingerprint density at radius 1 is 1.56 bits per heavy atom. The van der Waals surface area contributed by atoms with Crippen LogP contribution in [0.4, 0.5) is 5.82 Å². The van der Waals surface area contributed by atoms with Gasteiger partial charge >= 0.3 is 0 Å². The first-order valence-electron chi connectivity index (χ1n) is 5.65. The lowest BCUT2D eigenvalue weighted by molar-refractivity contribution is 0.680. The zero-order chi connectivity index (χ0) is 11.4. The lowest BCUT2D eigenvalue weighted by atomic mass is 10.1. The Hall–Kier alpha value is -0.480. The van der Waals surface area contributed by atoms with Crippen molar-refractivity contribution in [3.8, 4) is 0 Å². The highest BCUT2D eigenvalue weighted by atomic mass is 35.5. The molecule has 0 saturated carbocycles. The van der Waals surface area contributed by atoms with Gasteiger partial charge in [0.25, 0.3) is 0 Å². The summed E-state index contributed by atoms with van der Waals surface area (Å²) in [6, 6.07) is 0.523. The predicted molar refractivity (Wildman–Crippen MR) is 70.4 cm³/mol. The SMILES string of the molecule is CCc1c(Cl)ncnc1NC1CCCSC1. The van der Waals surface area contributed by atoms with Crippen molar-refractivity contribution in [2.24, 2.45) is 0 Å². The van der Waals surface area contributed by atoms with E-state index in [1.54, 1.807) is 0 Å². The van der Waals surface area contributed by atoms with Crippen molar-refractivity contribution >= 4 is 29.2 Å². The van der Waals surface area contributed by atoms with Crippen LogP contribution in [0.2, 0.25) is 5.15 Å². The van der Waals surface area contributed by atoms with Crippen LogP contribution in [0, 0.1) is 0 Å². The molecule has 1 atom stereocenters. The molecule has 5 heteroatoms. The number of anilines is 1. The largest absolute Gasteiger partial charge is 0.366 e. The van der Waals surface area contributed by atoms with Crippen molar-refractivity contribution < 1.29 is 0 Å². The molecule has 1 N–H and O–H groups in total. The minimum atomic E-state index is 0.523. The van der Waals surface area contributed by atoms with Gasteiger partial charge in [-0.25, -0.2) is 9.97 Å². The number of aromatic nitrogens is 2. The van der Waals surface area contributed by atoms with Crippen molar-refractivity contribution in [3.05, 3.63) is 17.0 Å². The average Bonchev–Trinajstić information content (AvgIpc) is 2.31. The first kappa shape index (κ1) is 12.0. The molecule has 1 saturated heterocycles. The number of halogens is 1. The van der Waals surface area contributed by atoms with E-state index in [0.717, 1.165) is 23.6 Å². The van der Waals surface area contributed by atoms with Gasteiger partial charge in [-0.15, -0.1) is 0 Å². The molecule has 2 rings (SSSR count). The summed E-state index contributed by atoms with van der Waals surface area (Å²) in [5.74, 6) is 3.35. The first-order chi connectivity index (χ1) is 7.81. The van der Waals surface area contributed by atoms with E-state index in [1.165, 1.54) is 24.9 Å². The van der Waals surface area contributed by atoms with Crippen LogP contribution in [0.25, 0.3) is 0 Å². The normalized spacial score (nSPS) is 20.8. The quantitative estimate of drug-likeness (QED) is 0.845. The summed E-state index contributed by atoms with van der Waals surface area (Å²) in [6.07, 6.45) is 4.89. The Morgan fingerprint density at radius 3 is 3.12 bits per heavy atom. The molecule has 0 spiro atoms. The van der Waals surface area contributed by atoms with Gasteiger partial charge in [0.15, 0.2) is 0 Å². The lowest BCUT2D eigenvalue weighted by Crippen LogP contribution is -2.26. The van der Waals surface area contributed by atoms with Crippen LogP contribution in [-0.2, 0) is 6.42 Å². The third kappa shape index (κ3) is 2.80. The van der Waals surface area contributed by atoms with E-state index < -0.39 is 0 Å². The molecule has 16 heavy (non-hydrogen) atoms. The second-order valence-corrected chi connectivity index (χ2v) is 5.41. The molecule has 1 fully saturated rings. The Labute approximate surface area is 105 Å². The van der Waals surface area contributed by atoms with Gasteiger partial charge in [0.2, 0.25) is 0 Å². The molecule has 1 aliphatic heterocycles. The standard InChI is InChI=1S/C11H16ClN3S/c1-2-9-10(12)13-7-14-11(9)15-8-4-3-5-16-6-8/h7-8H,2-6H2,1H3,(H,13,14,15). The van der Waals surface area contributed by atoms with Gasteiger partial charge in [0.05, 0.1) is 0 Å². The summed E-state index contributed by atoms with van der Waals surface area (Å²) < 4.78 is 0. The second-order valence-electron chi connectivity index (χ2n) is 3.90. The van der Waals surface area contributed by atoms with Gasteiger partial charge in [-0.05, 0) is 25.0 Å². The molecular weight excluding hydrogens is 242 g/mol. The molecule has 1 aromatic rings. The molecule has 0 amide bonds. The van der Waals surface area contributed by atoms with Gasteiger partial charge in [0.1, 0.15) is 17.3 Å². The van der Waals surface area contributed by atoms with Crippen molar-refractivity contribution in [2.45, 2.75) is 32.2 Å². The van der Waals surface area contributed by atoms with Crippen molar-refractivity contribution in [1.29, 1.82) is 0 Å². The van der Waals surface area contributed by atoms with E-state index in [-0.39, 0.29) is 0 Å². The van der Waals surface area contributed by atoms with E-state index in [0.29, 0.717) is 11.2 Å². The fourth-order valence-corrected chi connectivity index (χ4v) is 3.22. The monoisotopic (exact) mass is 257 g/mol. The van der Waals surface area contributed by atoms with Gasteiger partial charge in [-0.3, -0.25) is 0 Å². The number of thioether (sulfide) groups is 1. The number of hydrogen-bond acceptors (Lipinski definition) is 4. The van der Waals surface area contributed by atoms with Crippen LogP contribution >= 0.6 is 23.4 Å². The summed E-state index contributed by atoms with van der Waals surface area (Å²) in [5, 5.41) is 4.06. The minimum absolute atomic E-state index is 0.523. The Kier molecular flexibility index (Phi) is 4.29. The molecule has 88 valence electrons. The second kappa shape index (κ2) is 5.73. The fourth-order valence-electron chi connectivity index (χ4n) is 1.88. The highest BCUT2D eigenvalue weighted by Gasteiger charge is 2.16. The molecule has 0 aliphatic carbocycles. The average molecular weight is 258 g/mol. The summed E-state index contributed by atoms with van der Waals surface area (Å²) in [4.78, 5) is 8.30. The minimum Gasteiger partial charge on any atom is -0.366 e. The third-order valence-corrected chi connectivity index (χ3v) is 4.29. The fraction of sp³-hybridized carbons (Fsp3) is 0.636. The molecule has 0 aromatic carbocycles. The summed E-state index contributed by atoms with van der Waals surface area (Å²) >= 11 is 8.05. The van der Waals surface area contributed by atoms with Crippen LogP contribution in [0.15, 0.2) is 6.33 Å². The third-order valence-electron chi connectivity index (χ3n) is 2.75. The number of rotatable bonds is 3. The van der Waals surface area contributed by atoms with Crippen molar-refractivity contribution in [1.82, 2.24) is 9.97 Å². The van der Waals surface area contributed by atoms with E-state index in [9.17, 15) is 0 Å². The molecule has 2 heterocycles. The highest BCUT2D eigenvalue weighted by Crippen LogP contribution is 2.24. The van der Waals surface area contributed by atoms with Gasteiger partial charge in [-0.1, -0.05) is 18.5 Å². The van der Waals surface area contributed by atoms with Gasteiger partial charge < -0.3 is 5.32 Å². The van der Waals surface area contributed by atoms with Gasteiger partial charge in [-0.2, -0.15) is 11.8 Å². The Balaban J connectivity index is 2.10. The maximum absolute atomic E-state index is 6.05. The topological polar surface area (TPSA) is 37.8 Å². The molecule has 3 nitrogen and oxygen atoms in total. The summed E-state index contributed by atoms with van der Waals surface area (Å²) in [7, 11) is 0. The first-order valence-corrected chi connectivity index (χ1v) is 7.18. The van der Waals surface area contributed by atoms with Crippen LogP contribution in [0.5, 0.6) is 0 Å². The molecular formula is C11H16ClN3S. The molecule has 1 unspecified atom stereocenters. The van der Waals surface area contributed by atoms with Crippen LogP contribution in [0.3, 0.4) is 0 Å². The van der Waals surface area contributed by atoms with E-state index >= 15 is 0 Å². The van der Waals surface area contributed by atoms with Crippen LogP contribution in [0.1, 0.15) is 25.3 Å². The zero-order valence-corrected chi connectivity index (χ0v) is 10.9. The van der Waals surface area contributed by atoms with Crippen LogP contribution < -0.4 is 5.32 Å². The number of nitrogens with one attached hydrogen (secondary N) is 1. The molecule has 0 bridgehead atoms. The smallest absolute Gasteiger partial charge is 0.137 e. The molecule has 0 radical (unpaired) electrons. The highest BCUT2D eigenvalue weighted by molar-refractivity contribution is 7.99. The van der Waals surface area contributed by atoms with E-state index in [1.807, 2.05) is 11.8 Å².